The topological polar surface area (TPSA) is 45.2 Å². The van der Waals surface area contributed by atoms with Crippen LogP contribution in [-0.4, -0.2) is 24.0 Å². The van der Waals surface area contributed by atoms with Gasteiger partial charge in [-0.1, -0.05) is 41.7 Å². The molecular formula is C22H21N3OS. The summed E-state index contributed by atoms with van der Waals surface area (Å²) in [7, 11) is 0. The lowest BCUT2D eigenvalue weighted by atomic mass is 10.1. The largest absolute Gasteiger partial charge is 0.372 e. The molecule has 27 heavy (non-hydrogen) atoms. The van der Waals surface area contributed by atoms with E-state index in [9.17, 15) is 4.79 Å². The molecule has 0 fully saturated rings. The van der Waals surface area contributed by atoms with Crippen LogP contribution in [0.25, 0.3) is 21.0 Å². The van der Waals surface area contributed by atoms with Crippen molar-refractivity contribution in [2.24, 2.45) is 0 Å². The van der Waals surface area contributed by atoms with Crippen LogP contribution in [0.5, 0.6) is 0 Å². The fourth-order valence-electron chi connectivity index (χ4n) is 3.30. The summed E-state index contributed by atoms with van der Waals surface area (Å²) >= 11 is 1.50. The van der Waals surface area contributed by atoms with Gasteiger partial charge in [0.15, 0.2) is 5.13 Å². The number of amides is 1. The van der Waals surface area contributed by atoms with Crippen LogP contribution in [0.15, 0.2) is 60.7 Å². The first-order valence-electron chi connectivity index (χ1n) is 9.14. The summed E-state index contributed by atoms with van der Waals surface area (Å²) in [6.07, 6.45) is 0. The predicted molar refractivity (Wildman–Crippen MR) is 115 cm³/mol. The standard InChI is InChI=1S/C22H21N3OS/c1-3-25(4-2)17-12-9-16(10-13-17)21(26)24-22-23-20-18-8-6-5-7-15(18)11-14-19(20)27-22/h5-14H,3-4H2,1-2H3,(H,23,24,26). The van der Waals surface area contributed by atoms with Crippen molar-refractivity contribution in [2.45, 2.75) is 13.8 Å². The van der Waals surface area contributed by atoms with Gasteiger partial charge in [-0.15, -0.1) is 0 Å². The molecule has 0 atom stereocenters. The van der Waals surface area contributed by atoms with E-state index in [1.807, 2.05) is 36.4 Å². The molecule has 4 nitrogen and oxygen atoms in total. The second kappa shape index (κ2) is 7.37. The van der Waals surface area contributed by atoms with E-state index in [1.54, 1.807) is 0 Å². The monoisotopic (exact) mass is 375 g/mol. The predicted octanol–water partition coefficient (Wildman–Crippen LogP) is 5.55. The highest BCUT2D eigenvalue weighted by molar-refractivity contribution is 7.22. The lowest BCUT2D eigenvalue weighted by Crippen LogP contribution is -2.21. The average Bonchev–Trinajstić information content (AvgIpc) is 3.12. The second-order valence-corrected chi connectivity index (χ2v) is 7.36. The van der Waals surface area contributed by atoms with Crippen molar-refractivity contribution in [3.63, 3.8) is 0 Å². The maximum atomic E-state index is 12.6. The minimum absolute atomic E-state index is 0.135. The zero-order valence-electron chi connectivity index (χ0n) is 15.4. The van der Waals surface area contributed by atoms with Crippen molar-refractivity contribution in [1.29, 1.82) is 0 Å². The first-order valence-corrected chi connectivity index (χ1v) is 9.96. The van der Waals surface area contributed by atoms with Crippen LogP contribution in [0.3, 0.4) is 0 Å². The van der Waals surface area contributed by atoms with Crippen LogP contribution in [-0.2, 0) is 0 Å². The summed E-state index contributed by atoms with van der Waals surface area (Å²) in [6.45, 7) is 6.14. The third-order valence-corrected chi connectivity index (χ3v) is 5.70. The number of anilines is 2. The first kappa shape index (κ1) is 17.5. The molecule has 0 bridgehead atoms. The van der Waals surface area contributed by atoms with E-state index in [0.29, 0.717) is 10.7 Å². The van der Waals surface area contributed by atoms with Crippen molar-refractivity contribution in [3.05, 3.63) is 66.2 Å². The molecule has 5 heteroatoms. The molecule has 1 N–H and O–H groups in total. The van der Waals surface area contributed by atoms with E-state index in [1.165, 1.54) is 11.3 Å². The van der Waals surface area contributed by atoms with Gasteiger partial charge < -0.3 is 4.90 Å². The molecular weight excluding hydrogens is 354 g/mol. The van der Waals surface area contributed by atoms with Crippen molar-refractivity contribution in [3.8, 4) is 0 Å². The molecule has 0 unspecified atom stereocenters. The van der Waals surface area contributed by atoms with Crippen LogP contribution in [0.4, 0.5) is 10.8 Å². The van der Waals surface area contributed by atoms with Crippen LogP contribution < -0.4 is 10.2 Å². The zero-order valence-corrected chi connectivity index (χ0v) is 16.2. The fourth-order valence-corrected chi connectivity index (χ4v) is 4.17. The smallest absolute Gasteiger partial charge is 0.257 e. The molecule has 0 aliphatic heterocycles. The third kappa shape index (κ3) is 3.38. The summed E-state index contributed by atoms with van der Waals surface area (Å²) < 4.78 is 1.07. The van der Waals surface area contributed by atoms with E-state index >= 15 is 0 Å². The molecule has 136 valence electrons. The number of aromatic nitrogens is 1. The maximum Gasteiger partial charge on any atom is 0.257 e. The minimum Gasteiger partial charge on any atom is -0.372 e. The Morgan fingerprint density at radius 3 is 2.48 bits per heavy atom. The Morgan fingerprint density at radius 1 is 1.00 bits per heavy atom. The third-order valence-electron chi connectivity index (χ3n) is 4.76. The number of thiazole rings is 1. The summed E-state index contributed by atoms with van der Waals surface area (Å²) in [4.78, 5) is 19.5. The Hall–Kier alpha value is -2.92. The van der Waals surface area contributed by atoms with Gasteiger partial charge in [-0.05, 0) is 49.6 Å². The number of carbonyl (C=O) groups excluding carboxylic acids is 1. The molecule has 4 aromatic rings. The van der Waals surface area contributed by atoms with E-state index in [4.69, 9.17) is 0 Å². The normalized spacial score (nSPS) is 11.0. The van der Waals surface area contributed by atoms with Gasteiger partial charge in [0.05, 0.1) is 10.2 Å². The van der Waals surface area contributed by atoms with Crippen molar-refractivity contribution >= 4 is 49.1 Å². The van der Waals surface area contributed by atoms with Gasteiger partial charge in [-0.25, -0.2) is 4.98 Å². The number of carbonyl (C=O) groups is 1. The molecule has 0 saturated heterocycles. The molecule has 4 rings (SSSR count). The van der Waals surface area contributed by atoms with Gasteiger partial charge in [-0.3, -0.25) is 10.1 Å². The molecule has 0 saturated carbocycles. The van der Waals surface area contributed by atoms with Gasteiger partial charge in [0, 0.05) is 29.7 Å². The highest BCUT2D eigenvalue weighted by atomic mass is 32.1. The summed E-state index contributed by atoms with van der Waals surface area (Å²) in [5.41, 5.74) is 2.70. The van der Waals surface area contributed by atoms with Crippen LogP contribution in [0.2, 0.25) is 0 Å². The number of fused-ring (bicyclic) bond motifs is 3. The SMILES string of the molecule is CCN(CC)c1ccc(C(=O)Nc2nc3c(ccc4ccccc43)s2)cc1. The quantitative estimate of drug-likeness (QED) is 0.497. The molecule has 0 aliphatic rings. The van der Waals surface area contributed by atoms with E-state index in [0.717, 1.165) is 39.8 Å². The Bertz CT molecular complexity index is 1100. The van der Waals surface area contributed by atoms with Crippen molar-refractivity contribution < 1.29 is 4.79 Å². The fraction of sp³-hybridized carbons (Fsp3) is 0.182. The van der Waals surface area contributed by atoms with Crippen LogP contribution >= 0.6 is 11.3 Å². The first-order chi connectivity index (χ1) is 13.2. The Balaban J connectivity index is 1.58. The second-order valence-electron chi connectivity index (χ2n) is 6.33. The van der Waals surface area contributed by atoms with Gasteiger partial charge in [0.25, 0.3) is 5.91 Å². The minimum atomic E-state index is -0.135. The van der Waals surface area contributed by atoms with Crippen molar-refractivity contribution in [1.82, 2.24) is 4.98 Å². The number of rotatable bonds is 5. The average molecular weight is 375 g/mol. The highest BCUT2D eigenvalue weighted by Gasteiger charge is 2.12. The Labute approximate surface area is 162 Å². The molecule has 1 heterocycles. The van der Waals surface area contributed by atoms with Crippen LogP contribution in [0, 0.1) is 0 Å². The number of nitrogens with one attached hydrogen (secondary N) is 1. The number of nitrogens with zero attached hydrogens (tertiary/aromatic N) is 2. The van der Waals surface area contributed by atoms with E-state index in [2.05, 4.69) is 53.3 Å². The van der Waals surface area contributed by atoms with E-state index in [-0.39, 0.29) is 5.91 Å². The molecule has 1 amide bonds. The number of hydrogen-bond donors (Lipinski definition) is 1. The lowest BCUT2D eigenvalue weighted by Gasteiger charge is -2.20. The molecule has 3 aromatic carbocycles. The summed E-state index contributed by atoms with van der Waals surface area (Å²) in [6, 6.07) is 20.0. The van der Waals surface area contributed by atoms with Gasteiger partial charge in [0.2, 0.25) is 0 Å². The van der Waals surface area contributed by atoms with E-state index < -0.39 is 0 Å². The number of benzene rings is 3. The van der Waals surface area contributed by atoms with Crippen molar-refractivity contribution in [2.75, 3.05) is 23.3 Å². The molecule has 1 aromatic heterocycles. The van der Waals surface area contributed by atoms with Gasteiger partial charge in [-0.2, -0.15) is 0 Å². The Kier molecular flexibility index (Phi) is 4.77. The molecule has 0 spiro atoms. The maximum absolute atomic E-state index is 12.6. The summed E-state index contributed by atoms with van der Waals surface area (Å²) in [5.74, 6) is -0.135. The zero-order chi connectivity index (χ0) is 18.8. The highest BCUT2D eigenvalue weighted by Crippen LogP contribution is 2.31. The molecule has 0 aliphatic carbocycles. The van der Waals surface area contributed by atoms with Gasteiger partial charge in [0.1, 0.15) is 0 Å². The Morgan fingerprint density at radius 2 is 1.74 bits per heavy atom. The summed E-state index contributed by atoms with van der Waals surface area (Å²) in [5, 5.41) is 5.83. The molecule has 0 radical (unpaired) electrons. The lowest BCUT2D eigenvalue weighted by molar-refractivity contribution is 0.102. The van der Waals surface area contributed by atoms with Gasteiger partial charge >= 0.3 is 0 Å². The number of hydrogen-bond acceptors (Lipinski definition) is 4. The van der Waals surface area contributed by atoms with Crippen LogP contribution in [0.1, 0.15) is 24.2 Å².